The molecule has 4 heteroatoms. The van der Waals surface area contributed by atoms with Crippen molar-refractivity contribution in [2.75, 3.05) is 0 Å². The zero-order valence-corrected chi connectivity index (χ0v) is 8.20. The molecule has 0 fully saturated rings. The third-order valence-electron chi connectivity index (χ3n) is 1.63. The van der Waals surface area contributed by atoms with Gasteiger partial charge in [-0.1, -0.05) is 0 Å². The summed E-state index contributed by atoms with van der Waals surface area (Å²) >= 11 is 1.75. The lowest BCUT2D eigenvalue weighted by Crippen LogP contribution is -1.88. The Labute approximate surface area is 82.3 Å². The molecule has 0 bridgehead atoms. The Bertz CT molecular complexity index is 435. The summed E-state index contributed by atoms with van der Waals surface area (Å²) in [5, 5.41) is 0.970. The van der Waals surface area contributed by atoms with Crippen LogP contribution in [0.2, 0.25) is 0 Å². The molecular formula is C8H5IN2O. The number of hydrogen-bond acceptors (Lipinski definition) is 2. The number of aromatic nitrogens is 2. The number of carbonyl (C=O) groups is 1. The molecule has 60 valence electrons. The van der Waals surface area contributed by atoms with Gasteiger partial charge in [-0.2, -0.15) is 0 Å². The predicted molar refractivity (Wildman–Crippen MR) is 54.4 cm³/mol. The highest BCUT2D eigenvalue weighted by Gasteiger charge is 2.02. The number of fused-ring (bicyclic) bond motifs is 1. The Morgan fingerprint density at radius 1 is 1.58 bits per heavy atom. The van der Waals surface area contributed by atoms with Crippen molar-refractivity contribution in [2.24, 2.45) is 0 Å². The van der Waals surface area contributed by atoms with Gasteiger partial charge in [0.2, 0.25) is 3.79 Å². The highest BCUT2D eigenvalue weighted by molar-refractivity contribution is 14.1. The van der Waals surface area contributed by atoms with Crippen LogP contribution in [0.15, 0.2) is 24.5 Å². The molecule has 1 N–H and O–H groups in total. The fraction of sp³-hybridized carbons (Fsp3) is 0. The van der Waals surface area contributed by atoms with Crippen LogP contribution < -0.4 is 0 Å². The molecule has 0 saturated carbocycles. The van der Waals surface area contributed by atoms with Gasteiger partial charge >= 0.3 is 0 Å². The summed E-state index contributed by atoms with van der Waals surface area (Å²) in [5.74, 6) is 0. The van der Waals surface area contributed by atoms with Crippen molar-refractivity contribution >= 4 is 37.4 Å². The molecule has 0 radical (unpaired) electrons. The van der Waals surface area contributed by atoms with Gasteiger partial charge in [0.15, 0.2) is 0 Å². The minimum Gasteiger partial charge on any atom is -0.346 e. The number of carbonyl (C=O) groups excluding carboxylic acids is 1. The number of nitrogens with zero attached hydrogens (tertiary/aromatic N) is 1. The molecule has 2 rings (SSSR count). The third-order valence-corrected chi connectivity index (χ3v) is 2.25. The number of H-pyrrole nitrogens is 1. The average Bonchev–Trinajstić information content (AvgIpc) is 2.49. The van der Waals surface area contributed by atoms with E-state index in [0.29, 0.717) is 5.56 Å². The van der Waals surface area contributed by atoms with Crippen molar-refractivity contribution < 1.29 is 4.79 Å². The molecule has 3 nitrogen and oxygen atoms in total. The molecule has 0 unspecified atom stereocenters. The van der Waals surface area contributed by atoms with Gasteiger partial charge in [0, 0.05) is 45.9 Å². The summed E-state index contributed by atoms with van der Waals surface area (Å²) in [6.07, 6.45) is 3.38. The first kappa shape index (κ1) is 7.72. The minimum atomic E-state index is 0.0169. The van der Waals surface area contributed by atoms with Crippen LogP contribution in [-0.2, 0) is 0 Å². The zero-order valence-electron chi connectivity index (χ0n) is 6.04. The Kier molecular flexibility index (Phi) is 1.84. The predicted octanol–water partition coefficient (Wildman–Crippen LogP) is 2.14. The molecule has 0 atom stereocenters. The van der Waals surface area contributed by atoms with E-state index in [9.17, 15) is 4.79 Å². The van der Waals surface area contributed by atoms with Gasteiger partial charge in [0.05, 0.1) is 0 Å². The summed E-state index contributed by atoms with van der Waals surface area (Å²) in [5.41, 5.74) is 1.46. The molecule has 12 heavy (non-hydrogen) atoms. The average molecular weight is 272 g/mol. The van der Waals surface area contributed by atoms with Crippen LogP contribution in [0.5, 0.6) is 0 Å². The second kappa shape index (κ2) is 2.85. The number of hydrogen-bond donors (Lipinski definition) is 1. The van der Waals surface area contributed by atoms with Crippen LogP contribution in [0.3, 0.4) is 0 Å². The van der Waals surface area contributed by atoms with Crippen molar-refractivity contribution in [1.82, 2.24) is 9.97 Å². The first-order chi connectivity index (χ1) is 5.77. The van der Waals surface area contributed by atoms with E-state index in [2.05, 4.69) is 9.97 Å². The van der Waals surface area contributed by atoms with Gasteiger partial charge in [-0.15, -0.1) is 0 Å². The van der Waals surface area contributed by atoms with Crippen LogP contribution in [-0.4, -0.2) is 13.8 Å². The minimum absolute atomic E-state index is 0.0169. The highest BCUT2D eigenvalue weighted by Crippen LogP contribution is 2.13. The van der Waals surface area contributed by atoms with Crippen LogP contribution in [0, 0.1) is 0 Å². The van der Waals surface area contributed by atoms with E-state index in [4.69, 9.17) is 0 Å². The van der Waals surface area contributed by atoms with Crippen molar-refractivity contribution in [3.8, 4) is 0 Å². The normalized spacial score (nSPS) is 10.4. The van der Waals surface area contributed by atoms with E-state index >= 15 is 0 Å². The Balaban J connectivity index is 2.68. The van der Waals surface area contributed by atoms with E-state index in [1.807, 2.05) is 12.1 Å². The molecule has 2 aromatic rings. The van der Waals surface area contributed by atoms with E-state index in [-0.39, 0.29) is 3.79 Å². The Hall–Kier alpha value is -0.910. The van der Waals surface area contributed by atoms with E-state index in [0.717, 1.165) is 11.0 Å². The van der Waals surface area contributed by atoms with Crippen LogP contribution in [0.4, 0.5) is 0 Å². The molecule has 2 aromatic heterocycles. The van der Waals surface area contributed by atoms with Crippen molar-refractivity contribution in [3.05, 3.63) is 30.1 Å². The molecule has 0 aliphatic carbocycles. The number of rotatable bonds is 1. The van der Waals surface area contributed by atoms with E-state index in [1.54, 1.807) is 35.0 Å². The fourth-order valence-corrected chi connectivity index (χ4v) is 1.34. The van der Waals surface area contributed by atoms with Crippen molar-refractivity contribution in [3.63, 3.8) is 0 Å². The largest absolute Gasteiger partial charge is 0.346 e. The summed E-state index contributed by atoms with van der Waals surface area (Å²) in [6.45, 7) is 0. The lowest BCUT2D eigenvalue weighted by atomic mass is 10.2. The Morgan fingerprint density at radius 2 is 2.42 bits per heavy atom. The first-order valence-corrected chi connectivity index (χ1v) is 4.48. The Morgan fingerprint density at radius 3 is 3.17 bits per heavy atom. The standard InChI is InChI=1S/C8H5IN2O/c9-7(12)6-3-5-1-2-10-8(5)11-4-6/h1-4H,(H,10,11). The second-order valence-corrected chi connectivity index (χ2v) is 3.39. The summed E-state index contributed by atoms with van der Waals surface area (Å²) in [7, 11) is 0. The molecule has 0 spiro atoms. The summed E-state index contributed by atoms with van der Waals surface area (Å²) < 4.78 is 0.0169. The van der Waals surface area contributed by atoms with Gasteiger partial charge in [-0.25, -0.2) is 4.98 Å². The van der Waals surface area contributed by atoms with Crippen LogP contribution in [0.1, 0.15) is 10.4 Å². The molecular weight excluding hydrogens is 267 g/mol. The topological polar surface area (TPSA) is 45.8 Å². The maximum absolute atomic E-state index is 10.9. The quantitative estimate of drug-likeness (QED) is 0.638. The number of aromatic amines is 1. The molecule has 0 aromatic carbocycles. The zero-order chi connectivity index (χ0) is 8.55. The van der Waals surface area contributed by atoms with Gasteiger partial charge in [0.1, 0.15) is 5.65 Å². The molecule has 0 aliphatic rings. The first-order valence-electron chi connectivity index (χ1n) is 3.40. The van der Waals surface area contributed by atoms with Gasteiger partial charge in [0.25, 0.3) is 0 Å². The summed E-state index contributed by atoms with van der Waals surface area (Å²) in [4.78, 5) is 18.0. The SMILES string of the molecule is O=C(I)c1cnc2[nH]ccc2c1. The van der Waals surface area contributed by atoms with Gasteiger partial charge < -0.3 is 4.98 Å². The van der Waals surface area contributed by atoms with Crippen LogP contribution in [0.25, 0.3) is 11.0 Å². The van der Waals surface area contributed by atoms with E-state index < -0.39 is 0 Å². The number of nitrogens with one attached hydrogen (secondary N) is 1. The second-order valence-electron chi connectivity index (χ2n) is 2.41. The van der Waals surface area contributed by atoms with Crippen molar-refractivity contribution in [2.45, 2.75) is 0 Å². The fourth-order valence-electron chi connectivity index (χ4n) is 1.05. The third kappa shape index (κ3) is 1.22. The summed E-state index contributed by atoms with van der Waals surface area (Å²) in [6, 6.07) is 3.72. The maximum Gasteiger partial charge on any atom is 0.223 e. The van der Waals surface area contributed by atoms with Gasteiger partial charge in [-0.05, 0) is 12.1 Å². The van der Waals surface area contributed by atoms with E-state index in [1.165, 1.54) is 0 Å². The molecule has 0 saturated heterocycles. The molecule has 2 heterocycles. The lowest BCUT2D eigenvalue weighted by molar-refractivity contribution is 0.110. The highest BCUT2D eigenvalue weighted by atomic mass is 127. The lowest BCUT2D eigenvalue weighted by Gasteiger charge is -1.92. The maximum atomic E-state index is 10.9. The number of halogens is 1. The van der Waals surface area contributed by atoms with Crippen LogP contribution >= 0.6 is 22.6 Å². The molecule has 0 amide bonds. The number of pyridine rings is 1. The van der Waals surface area contributed by atoms with Gasteiger partial charge in [-0.3, -0.25) is 4.79 Å². The van der Waals surface area contributed by atoms with Crippen molar-refractivity contribution in [1.29, 1.82) is 0 Å². The smallest absolute Gasteiger partial charge is 0.223 e. The molecule has 0 aliphatic heterocycles. The monoisotopic (exact) mass is 272 g/mol.